The number of hydrogen-bond acceptors (Lipinski definition) is 4. The lowest BCUT2D eigenvalue weighted by Crippen LogP contribution is -2.52. The lowest BCUT2D eigenvalue weighted by molar-refractivity contribution is -0.145. The molecule has 2 atom stereocenters. The van der Waals surface area contributed by atoms with E-state index in [1.54, 1.807) is 50.2 Å². The van der Waals surface area contributed by atoms with Crippen molar-refractivity contribution in [1.29, 1.82) is 0 Å². The lowest BCUT2D eigenvalue weighted by atomic mass is 10.0. The van der Waals surface area contributed by atoms with Gasteiger partial charge in [-0.05, 0) is 38.1 Å². The van der Waals surface area contributed by atoms with Crippen LogP contribution in [0.2, 0.25) is 0 Å². The molecular formula is C17H19NO3. The van der Waals surface area contributed by atoms with Crippen LogP contribution in [0.3, 0.4) is 0 Å². The van der Waals surface area contributed by atoms with Crippen LogP contribution in [0.4, 0.5) is 0 Å². The van der Waals surface area contributed by atoms with Gasteiger partial charge in [-0.3, -0.25) is 10.5 Å². The van der Waals surface area contributed by atoms with Gasteiger partial charge in [0.15, 0.2) is 5.72 Å². The molecule has 0 aromatic heterocycles. The summed E-state index contributed by atoms with van der Waals surface area (Å²) in [6, 6.07) is 18.1. The molecule has 2 unspecified atom stereocenters. The molecule has 0 bridgehead atoms. The topological polar surface area (TPSA) is 61.5 Å². The van der Waals surface area contributed by atoms with E-state index >= 15 is 0 Å². The second-order valence-corrected chi connectivity index (χ2v) is 5.05. The maximum Gasteiger partial charge on any atom is 0.319 e. The second kappa shape index (κ2) is 6.41. The average Bonchev–Trinajstić information content (AvgIpc) is 2.48. The first-order valence-corrected chi connectivity index (χ1v) is 6.79. The fourth-order valence-corrected chi connectivity index (χ4v) is 1.76. The smallest absolute Gasteiger partial charge is 0.319 e. The minimum absolute atomic E-state index is 0.429. The molecule has 0 fully saturated rings. The normalized spacial score (nSPS) is 14.8. The van der Waals surface area contributed by atoms with Crippen molar-refractivity contribution in [2.45, 2.75) is 19.6 Å². The lowest BCUT2D eigenvalue weighted by Gasteiger charge is -2.30. The maximum atomic E-state index is 12.2. The average molecular weight is 285 g/mol. The van der Waals surface area contributed by atoms with Crippen LogP contribution < -0.4 is 15.2 Å². The minimum atomic E-state index is -1.16. The summed E-state index contributed by atoms with van der Waals surface area (Å²) in [6.07, 6.45) is 0. The zero-order chi connectivity index (χ0) is 15.3. The number of esters is 1. The molecule has 0 aliphatic rings. The Kier molecular flexibility index (Phi) is 4.60. The van der Waals surface area contributed by atoms with Crippen LogP contribution in [0.5, 0.6) is 11.5 Å². The van der Waals surface area contributed by atoms with Gasteiger partial charge in [-0.25, -0.2) is 0 Å². The van der Waals surface area contributed by atoms with E-state index < -0.39 is 17.6 Å². The Bertz CT molecular complexity index is 581. The van der Waals surface area contributed by atoms with Gasteiger partial charge in [0.1, 0.15) is 17.4 Å². The van der Waals surface area contributed by atoms with Gasteiger partial charge in [0.05, 0.1) is 0 Å². The molecule has 0 saturated carbocycles. The molecule has 110 valence electrons. The van der Waals surface area contributed by atoms with Crippen molar-refractivity contribution < 1.29 is 14.3 Å². The summed E-state index contributed by atoms with van der Waals surface area (Å²) >= 11 is 0. The molecule has 21 heavy (non-hydrogen) atoms. The molecule has 2 rings (SSSR count). The van der Waals surface area contributed by atoms with Crippen molar-refractivity contribution in [2.75, 3.05) is 0 Å². The molecular weight excluding hydrogens is 266 g/mol. The molecule has 0 amide bonds. The summed E-state index contributed by atoms with van der Waals surface area (Å²) in [5.41, 5.74) is 4.96. The van der Waals surface area contributed by atoms with Crippen LogP contribution in [0.15, 0.2) is 60.7 Å². The van der Waals surface area contributed by atoms with E-state index in [9.17, 15) is 4.79 Å². The van der Waals surface area contributed by atoms with E-state index in [-0.39, 0.29) is 0 Å². The van der Waals surface area contributed by atoms with Crippen LogP contribution in [0, 0.1) is 5.92 Å². The van der Waals surface area contributed by atoms with Gasteiger partial charge in [-0.2, -0.15) is 0 Å². The van der Waals surface area contributed by atoms with Crippen molar-refractivity contribution in [1.82, 2.24) is 0 Å². The fourth-order valence-electron chi connectivity index (χ4n) is 1.76. The SMILES string of the molecule is CC(C(=O)Oc1ccccc1)C(C)(N)Oc1ccccc1. The van der Waals surface area contributed by atoms with Gasteiger partial charge in [-0.1, -0.05) is 36.4 Å². The van der Waals surface area contributed by atoms with Crippen molar-refractivity contribution in [2.24, 2.45) is 11.7 Å². The Balaban J connectivity index is 2.03. The largest absolute Gasteiger partial charge is 0.472 e. The van der Waals surface area contributed by atoms with Gasteiger partial charge in [0.2, 0.25) is 0 Å². The van der Waals surface area contributed by atoms with Gasteiger partial charge in [0, 0.05) is 0 Å². The van der Waals surface area contributed by atoms with Crippen LogP contribution in [-0.2, 0) is 4.79 Å². The van der Waals surface area contributed by atoms with E-state index in [0.29, 0.717) is 11.5 Å². The van der Waals surface area contributed by atoms with E-state index in [1.165, 1.54) is 0 Å². The zero-order valence-corrected chi connectivity index (χ0v) is 12.2. The highest BCUT2D eigenvalue weighted by Crippen LogP contribution is 2.22. The first-order valence-electron chi connectivity index (χ1n) is 6.79. The van der Waals surface area contributed by atoms with E-state index in [4.69, 9.17) is 15.2 Å². The third-order valence-electron chi connectivity index (χ3n) is 3.26. The Labute approximate surface area is 124 Å². The van der Waals surface area contributed by atoms with E-state index in [1.807, 2.05) is 24.3 Å². The van der Waals surface area contributed by atoms with Crippen molar-refractivity contribution >= 4 is 5.97 Å². The molecule has 2 N–H and O–H groups in total. The monoisotopic (exact) mass is 285 g/mol. The van der Waals surface area contributed by atoms with Crippen LogP contribution in [0.1, 0.15) is 13.8 Å². The number of carbonyl (C=O) groups excluding carboxylic acids is 1. The number of rotatable bonds is 5. The molecule has 2 aromatic carbocycles. The highest BCUT2D eigenvalue weighted by molar-refractivity contribution is 5.76. The highest BCUT2D eigenvalue weighted by atomic mass is 16.5. The van der Waals surface area contributed by atoms with Gasteiger partial charge in [0.25, 0.3) is 0 Å². The molecule has 0 spiro atoms. The first kappa shape index (κ1) is 15.1. The summed E-state index contributed by atoms with van der Waals surface area (Å²) in [5.74, 6) is 0.0479. The number of para-hydroxylation sites is 2. The Morgan fingerprint density at radius 2 is 1.48 bits per heavy atom. The molecule has 0 radical (unpaired) electrons. The summed E-state index contributed by atoms with van der Waals surface area (Å²) in [7, 11) is 0. The summed E-state index contributed by atoms with van der Waals surface area (Å²) in [4.78, 5) is 12.2. The first-order chi connectivity index (χ1) is 9.99. The van der Waals surface area contributed by atoms with E-state index in [2.05, 4.69) is 0 Å². The van der Waals surface area contributed by atoms with Crippen LogP contribution in [0.25, 0.3) is 0 Å². The Morgan fingerprint density at radius 3 is 2.00 bits per heavy atom. The van der Waals surface area contributed by atoms with Crippen molar-refractivity contribution in [3.05, 3.63) is 60.7 Å². The van der Waals surface area contributed by atoms with E-state index in [0.717, 1.165) is 0 Å². The molecule has 4 heteroatoms. The number of benzene rings is 2. The molecule has 4 nitrogen and oxygen atoms in total. The molecule has 0 heterocycles. The quantitative estimate of drug-likeness (QED) is 0.521. The Hall–Kier alpha value is -2.33. The minimum Gasteiger partial charge on any atom is -0.472 e. The van der Waals surface area contributed by atoms with Crippen molar-refractivity contribution in [3.8, 4) is 11.5 Å². The maximum absolute atomic E-state index is 12.2. The van der Waals surface area contributed by atoms with Gasteiger partial charge >= 0.3 is 5.97 Å². The zero-order valence-electron chi connectivity index (χ0n) is 12.2. The third-order valence-corrected chi connectivity index (χ3v) is 3.26. The van der Waals surface area contributed by atoms with Crippen molar-refractivity contribution in [3.63, 3.8) is 0 Å². The number of nitrogens with two attached hydrogens (primary N) is 1. The Morgan fingerprint density at radius 1 is 1.00 bits per heavy atom. The van der Waals surface area contributed by atoms with Gasteiger partial charge in [-0.15, -0.1) is 0 Å². The predicted octanol–water partition coefficient (Wildman–Crippen LogP) is 2.98. The summed E-state index contributed by atoms with van der Waals surface area (Å²) < 4.78 is 11.0. The predicted molar refractivity (Wildman–Crippen MR) is 80.9 cm³/mol. The number of carbonyl (C=O) groups is 1. The second-order valence-electron chi connectivity index (χ2n) is 5.05. The summed E-state index contributed by atoms with van der Waals surface area (Å²) in [5, 5.41) is 0. The van der Waals surface area contributed by atoms with Gasteiger partial charge < -0.3 is 9.47 Å². The van der Waals surface area contributed by atoms with Crippen LogP contribution in [-0.4, -0.2) is 11.7 Å². The highest BCUT2D eigenvalue weighted by Gasteiger charge is 2.35. The molecule has 0 saturated heterocycles. The molecule has 0 aliphatic carbocycles. The fraction of sp³-hybridized carbons (Fsp3) is 0.235. The number of ether oxygens (including phenoxy) is 2. The number of hydrogen-bond donors (Lipinski definition) is 1. The third kappa shape index (κ3) is 4.07. The standard InChI is InChI=1S/C17H19NO3/c1-13(16(19)20-14-9-5-3-6-10-14)17(2,18)21-15-11-7-4-8-12-15/h3-13H,18H2,1-2H3. The molecule has 2 aromatic rings. The molecule has 0 aliphatic heterocycles. The summed E-state index contributed by atoms with van der Waals surface area (Å²) in [6.45, 7) is 3.35. The van der Waals surface area contributed by atoms with Crippen LogP contribution >= 0.6 is 0 Å².